The topological polar surface area (TPSA) is 63.6 Å². The number of hydrogen-bond acceptors (Lipinski definition) is 3. The molecule has 0 atom stereocenters. The molecule has 7 heteroatoms. The van der Waals surface area contributed by atoms with E-state index in [1.54, 1.807) is 20.8 Å². The third kappa shape index (κ3) is 3.97. The highest BCUT2D eigenvalue weighted by molar-refractivity contribution is 6.02. The number of esters is 1. The molecular formula is C13H13F3O4. The van der Waals surface area contributed by atoms with Gasteiger partial charge in [0.15, 0.2) is 0 Å². The van der Waals surface area contributed by atoms with Gasteiger partial charge in [0.2, 0.25) is 0 Å². The number of ether oxygens (including phenoxy) is 1. The van der Waals surface area contributed by atoms with E-state index in [1.807, 2.05) is 0 Å². The van der Waals surface area contributed by atoms with E-state index in [0.717, 1.165) is 6.07 Å². The maximum atomic E-state index is 12.5. The molecule has 0 amide bonds. The van der Waals surface area contributed by atoms with Crippen LogP contribution in [0.25, 0.3) is 0 Å². The van der Waals surface area contributed by atoms with E-state index >= 15 is 0 Å². The summed E-state index contributed by atoms with van der Waals surface area (Å²) >= 11 is 0. The van der Waals surface area contributed by atoms with Gasteiger partial charge >= 0.3 is 18.1 Å². The molecule has 0 fully saturated rings. The molecule has 0 saturated carbocycles. The van der Waals surface area contributed by atoms with Crippen LogP contribution >= 0.6 is 0 Å². The molecule has 4 nitrogen and oxygen atoms in total. The Morgan fingerprint density at radius 2 is 1.65 bits per heavy atom. The molecule has 0 bridgehead atoms. The van der Waals surface area contributed by atoms with Gasteiger partial charge in [-0.3, -0.25) is 0 Å². The van der Waals surface area contributed by atoms with E-state index in [-0.39, 0.29) is 0 Å². The highest BCUT2D eigenvalue weighted by Gasteiger charge is 2.33. The number of carbonyl (C=O) groups is 2. The first-order valence-electron chi connectivity index (χ1n) is 5.60. The lowest BCUT2D eigenvalue weighted by atomic mass is 10.0. The molecule has 0 aromatic heterocycles. The van der Waals surface area contributed by atoms with Crippen molar-refractivity contribution in [2.24, 2.45) is 0 Å². The SMILES string of the molecule is CC(C)(C)OC(=O)c1ccc(C(F)(F)F)cc1C(=O)O. The summed E-state index contributed by atoms with van der Waals surface area (Å²) < 4.78 is 42.5. The summed E-state index contributed by atoms with van der Waals surface area (Å²) in [6, 6.07) is 1.87. The molecule has 0 radical (unpaired) electrons. The summed E-state index contributed by atoms with van der Waals surface area (Å²) in [5.74, 6) is -2.61. The number of aromatic carboxylic acids is 1. The van der Waals surface area contributed by atoms with Gasteiger partial charge in [0.1, 0.15) is 5.60 Å². The van der Waals surface area contributed by atoms with Crippen molar-refractivity contribution in [2.45, 2.75) is 32.5 Å². The lowest BCUT2D eigenvalue weighted by Crippen LogP contribution is -2.25. The van der Waals surface area contributed by atoms with Gasteiger partial charge in [0.05, 0.1) is 16.7 Å². The Bertz CT molecular complexity index is 542. The summed E-state index contributed by atoms with van der Waals surface area (Å²) in [4.78, 5) is 22.8. The molecule has 1 rings (SSSR count). The molecule has 0 saturated heterocycles. The van der Waals surface area contributed by atoms with Crippen molar-refractivity contribution in [1.82, 2.24) is 0 Å². The van der Waals surface area contributed by atoms with Gasteiger partial charge in [-0.1, -0.05) is 0 Å². The summed E-state index contributed by atoms with van der Waals surface area (Å²) in [6.07, 6.45) is -4.68. The normalized spacial score (nSPS) is 12.1. The average molecular weight is 290 g/mol. The smallest absolute Gasteiger partial charge is 0.416 e. The van der Waals surface area contributed by atoms with E-state index in [2.05, 4.69) is 0 Å². The zero-order chi connectivity index (χ0) is 15.7. The fraction of sp³-hybridized carbons (Fsp3) is 0.385. The maximum Gasteiger partial charge on any atom is 0.416 e. The van der Waals surface area contributed by atoms with Crippen molar-refractivity contribution >= 4 is 11.9 Å². The standard InChI is InChI=1S/C13H13F3O4/c1-12(2,3)20-11(19)8-5-4-7(13(14,15)16)6-9(8)10(17)18/h4-6H,1-3H3,(H,17,18). The minimum Gasteiger partial charge on any atom is -0.478 e. The Labute approximate surface area is 113 Å². The Balaban J connectivity index is 3.28. The lowest BCUT2D eigenvalue weighted by molar-refractivity contribution is -0.137. The van der Waals surface area contributed by atoms with Crippen molar-refractivity contribution in [3.8, 4) is 0 Å². The summed E-state index contributed by atoms with van der Waals surface area (Å²) in [6.45, 7) is 4.69. The van der Waals surface area contributed by atoms with Crippen molar-refractivity contribution in [1.29, 1.82) is 0 Å². The molecule has 0 unspecified atom stereocenters. The summed E-state index contributed by atoms with van der Waals surface area (Å²) in [7, 11) is 0. The maximum absolute atomic E-state index is 12.5. The molecule has 0 heterocycles. The quantitative estimate of drug-likeness (QED) is 0.848. The average Bonchev–Trinajstić information content (AvgIpc) is 2.24. The van der Waals surface area contributed by atoms with Crippen molar-refractivity contribution in [2.75, 3.05) is 0 Å². The highest BCUT2D eigenvalue weighted by Crippen LogP contribution is 2.31. The van der Waals surface area contributed by atoms with Crippen LogP contribution < -0.4 is 0 Å². The monoisotopic (exact) mass is 290 g/mol. The van der Waals surface area contributed by atoms with E-state index in [9.17, 15) is 22.8 Å². The van der Waals surface area contributed by atoms with Crippen LogP contribution in [0.4, 0.5) is 13.2 Å². The first kappa shape index (κ1) is 16.0. The van der Waals surface area contributed by atoms with Crippen LogP contribution in [0.5, 0.6) is 0 Å². The van der Waals surface area contributed by atoms with Gasteiger partial charge < -0.3 is 9.84 Å². The number of carboxylic acids is 1. The van der Waals surface area contributed by atoms with Gasteiger partial charge in [-0.2, -0.15) is 13.2 Å². The first-order chi connectivity index (χ1) is 8.92. The predicted molar refractivity (Wildman–Crippen MR) is 63.6 cm³/mol. The summed E-state index contributed by atoms with van der Waals surface area (Å²) in [5, 5.41) is 8.93. The van der Waals surface area contributed by atoms with Gasteiger partial charge in [-0.15, -0.1) is 0 Å². The van der Waals surface area contributed by atoms with E-state index in [4.69, 9.17) is 9.84 Å². The zero-order valence-electron chi connectivity index (χ0n) is 11.0. The second-order valence-electron chi connectivity index (χ2n) is 5.07. The van der Waals surface area contributed by atoms with E-state index < -0.39 is 40.4 Å². The van der Waals surface area contributed by atoms with Crippen molar-refractivity contribution in [3.63, 3.8) is 0 Å². The number of hydrogen-bond donors (Lipinski definition) is 1. The van der Waals surface area contributed by atoms with Crippen LogP contribution in [0.3, 0.4) is 0 Å². The molecular weight excluding hydrogens is 277 g/mol. The number of carboxylic acid groups (broad SMARTS) is 1. The number of carbonyl (C=O) groups excluding carboxylic acids is 1. The molecule has 110 valence electrons. The highest BCUT2D eigenvalue weighted by atomic mass is 19.4. The zero-order valence-corrected chi connectivity index (χ0v) is 11.0. The predicted octanol–water partition coefficient (Wildman–Crippen LogP) is 3.36. The molecule has 1 N–H and O–H groups in total. The van der Waals surface area contributed by atoms with Crippen molar-refractivity contribution in [3.05, 3.63) is 34.9 Å². The lowest BCUT2D eigenvalue weighted by Gasteiger charge is -2.20. The van der Waals surface area contributed by atoms with Crippen molar-refractivity contribution < 1.29 is 32.6 Å². The van der Waals surface area contributed by atoms with Crippen LogP contribution in [0.1, 0.15) is 47.1 Å². The van der Waals surface area contributed by atoms with E-state index in [1.165, 1.54) is 0 Å². The van der Waals surface area contributed by atoms with Crippen LogP contribution in [0.2, 0.25) is 0 Å². The Hall–Kier alpha value is -2.05. The first-order valence-corrected chi connectivity index (χ1v) is 5.60. The Kier molecular flexibility index (Phi) is 4.12. The number of alkyl halides is 3. The van der Waals surface area contributed by atoms with Gasteiger partial charge in [-0.25, -0.2) is 9.59 Å². The van der Waals surface area contributed by atoms with Crippen LogP contribution in [0, 0.1) is 0 Å². The van der Waals surface area contributed by atoms with Crippen LogP contribution in [-0.2, 0) is 10.9 Å². The fourth-order valence-electron chi connectivity index (χ4n) is 1.41. The van der Waals surface area contributed by atoms with E-state index in [0.29, 0.717) is 12.1 Å². The Morgan fingerprint density at radius 3 is 2.05 bits per heavy atom. The molecule has 0 spiro atoms. The van der Waals surface area contributed by atoms with Gasteiger partial charge in [0, 0.05) is 0 Å². The van der Waals surface area contributed by atoms with Gasteiger partial charge in [-0.05, 0) is 39.0 Å². The number of benzene rings is 1. The molecule has 20 heavy (non-hydrogen) atoms. The summed E-state index contributed by atoms with van der Waals surface area (Å²) in [5.41, 5.74) is -3.17. The Morgan fingerprint density at radius 1 is 1.10 bits per heavy atom. The third-order valence-corrected chi connectivity index (χ3v) is 2.20. The third-order valence-electron chi connectivity index (χ3n) is 2.20. The minimum atomic E-state index is -4.68. The molecule has 0 aliphatic carbocycles. The second-order valence-corrected chi connectivity index (χ2v) is 5.07. The molecule has 1 aromatic rings. The fourth-order valence-corrected chi connectivity index (χ4v) is 1.41. The van der Waals surface area contributed by atoms with Crippen LogP contribution in [0.15, 0.2) is 18.2 Å². The number of halogens is 3. The molecule has 0 aliphatic rings. The number of rotatable bonds is 2. The largest absolute Gasteiger partial charge is 0.478 e. The van der Waals surface area contributed by atoms with Gasteiger partial charge in [0.25, 0.3) is 0 Å². The molecule has 0 aliphatic heterocycles. The minimum absolute atomic E-state index is 0.416. The van der Waals surface area contributed by atoms with Crippen LogP contribution in [-0.4, -0.2) is 22.6 Å². The molecule has 1 aromatic carbocycles. The second kappa shape index (κ2) is 5.15.